The minimum absolute atomic E-state index is 0.857. The molecule has 2 N–H and O–H groups in total. The lowest BCUT2D eigenvalue weighted by molar-refractivity contribution is 1.77. The van der Waals surface area contributed by atoms with E-state index < -0.39 is 0 Å². The normalized spacial score (nSPS) is 12.0. The average Bonchev–Trinajstić information content (AvgIpc) is 2.53. The molecule has 5 rings (SSSR count). The van der Waals surface area contributed by atoms with Crippen molar-refractivity contribution in [3.63, 3.8) is 0 Å². The highest BCUT2D eigenvalue weighted by Gasteiger charge is 2.12. The van der Waals surface area contributed by atoms with Gasteiger partial charge in [0.05, 0.1) is 0 Å². The minimum Gasteiger partial charge on any atom is -0.398 e. The molecule has 5 aromatic rings. The van der Waals surface area contributed by atoms with E-state index in [0.717, 1.165) is 11.1 Å². The number of nitrogens with two attached hydrogens (primary N) is 1. The molecule has 0 aliphatic carbocycles. The molecule has 0 heterocycles. The van der Waals surface area contributed by atoms with Crippen LogP contribution in [-0.4, -0.2) is 0 Å². The van der Waals surface area contributed by atoms with Gasteiger partial charge in [0, 0.05) is 11.1 Å². The van der Waals surface area contributed by atoms with E-state index in [9.17, 15) is 0 Å². The zero-order chi connectivity index (χ0) is 14.0. The Hall–Kier alpha value is -2.80. The van der Waals surface area contributed by atoms with Crippen LogP contribution in [0.25, 0.3) is 43.1 Å². The number of nitrogen functional groups attached to an aromatic ring is 1. The Morgan fingerprint density at radius 3 is 2.24 bits per heavy atom. The summed E-state index contributed by atoms with van der Waals surface area (Å²) in [5.74, 6) is 0. The lowest BCUT2D eigenvalue weighted by Gasteiger charge is -2.14. The summed E-state index contributed by atoms with van der Waals surface area (Å²) < 4.78 is 0. The highest BCUT2D eigenvalue weighted by molar-refractivity contribution is 6.30. The van der Waals surface area contributed by atoms with Crippen LogP contribution in [0.2, 0.25) is 0 Å². The second kappa shape index (κ2) is 3.64. The van der Waals surface area contributed by atoms with Crippen LogP contribution in [0, 0.1) is 0 Å². The van der Waals surface area contributed by atoms with Crippen molar-refractivity contribution in [2.45, 2.75) is 0 Å². The molecule has 0 aromatic heterocycles. The molecule has 0 saturated carbocycles. The minimum atomic E-state index is 0.857. The van der Waals surface area contributed by atoms with Crippen molar-refractivity contribution in [2.75, 3.05) is 5.73 Å². The fraction of sp³-hybridized carbons (Fsp3) is 0. The third-order valence-corrected chi connectivity index (χ3v) is 4.52. The van der Waals surface area contributed by atoms with Gasteiger partial charge < -0.3 is 5.73 Å². The van der Waals surface area contributed by atoms with Gasteiger partial charge in [-0.3, -0.25) is 0 Å². The molecule has 0 amide bonds. The van der Waals surface area contributed by atoms with Gasteiger partial charge in [-0.15, -0.1) is 0 Å². The van der Waals surface area contributed by atoms with Crippen LogP contribution in [-0.2, 0) is 0 Å². The Labute approximate surface area is 121 Å². The van der Waals surface area contributed by atoms with E-state index in [4.69, 9.17) is 5.73 Å². The summed E-state index contributed by atoms with van der Waals surface area (Å²) in [5, 5.41) is 10.1. The SMILES string of the molecule is Nc1cc2cc3ccccc3c3ccc4cccc1c4c23. The maximum Gasteiger partial charge on any atom is 0.0400 e. The fourth-order valence-electron chi connectivity index (χ4n) is 3.61. The molecule has 0 spiro atoms. The molecular weight excluding hydrogens is 254 g/mol. The van der Waals surface area contributed by atoms with Gasteiger partial charge in [0.15, 0.2) is 0 Å². The number of rotatable bonds is 0. The van der Waals surface area contributed by atoms with Crippen molar-refractivity contribution in [3.8, 4) is 0 Å². The highest BCUT2D eigenvalue weighted by atomic mass is 14.6. The second-order valence-electron chi connectivity index (χ2n) is 5.68. The lowest BCUT2D eigenvalue weighted by atomic mass is 9.90. The van der Waals surface area contributed by atoms with Crippen LogP contribution in [0.1, 0.15) is 0 Å². The molecule has 0 saturated heterocycles. The lowest BCUT2D eigenvalue weighted by Crippen LogP contribution is -1.91. The third-order valence-electron chi connectivity index (χ3n) is 4.52. The largest absolute Gasteiger partial charge is 0.398 e. The standard InChI is InChI=1S/C20H13N/c21-18-11-14-10-13-4-1-2-6-15(13)16-9-8-12-5-3-7-17(18)19(12)20(14)16/h1-11H,21H2. The van der Waals surface area contributed by atoms with E-state index in [1.54, 1.807) is 0 Å². The Morgan fingerprint density at radius 2 is 1.29 bits per heavy atom. The molecule has 0 fully saturated rings. The van der Waals surface area contributed by atoms with Crippen molar-refractivity contribution in [1.29, 1.82) is 0 Å². The van der Waals surface area contributed by atoms with Crippen LogP contribution < -0.4 is 5.73 Å². The number of benzene rings is 5. The zero-order valence-electron chi connectivity index (χ0n) is 11.4. The summed E-state index contributed by atoms with van der Waals surface area (Å²) in [6.45, 7) is 0. The second-order valence-corrected chi connectivity index (χ2v) is 5.68. The zero-order valence-corrected chi connectivity index (χ0v) is 11.4. The molecular formula is C20H13N. The van der Waals surface area contributed by atoms with Gasteiger partial charge in [-0.05, 0) is 49.8 Å². The van der Waals surface area contributed by atoms with Crippen molar-refractivity contribution in [3.05, 3.63) is 66.7 Å². The summed E-state index contributed by atoms with van der Waals surface area (Å²) >= 11 is 0. The van der Waals surface area contributed by atoms with E-state index in [1.807, 2.05) is 0 Å². The number of hydrogen-bond donors (Lipinski definition) is 1. The van der Waals surface area contributed by atoms with E-state index in [2.05, 4.69) is 66.7 Å². The first-order valence-corrected chi connectivity index (χ1v) is 7.18. The Bertz CT molecular complexity index is 1140. The number of fused-ring (bicyclic) bond motifs is 2. The molecule has 0 radical (unpaired) electrons. The average molecular weight is 267 g/mol. The summed E-state index contributed by atoms with van der Waals surface area (Å²) in [5.41, 5.74) is 7.14. The van der Waals surface area contributed by atoms with E-state index >= 15 is 0 Å². The van der Waals surface area contributed by atoms with E-state index in [1.165, 1.54) is 37.7 Å². The maximum atomic E-state index is 6.29. The molecule has 98 valence electrons. The first-order valence-electron chi connectivity index (χ1n) is 7.18. The molecule has 21 heavy (non-hydrogen) atoms. The monoisotopic (exact) mass is 267 g/mol. The molecule has 5 aromatic carbocycles. The first-order chi connectivity index (χ1) is 10.3. The maximum absolute atomic E-state index is 6.29. The Kier molecular flexibility index (Phi) is 1.90. The predicted molar refractivity (Wildman–Crippen MR) is 92.1 cm³/mol. The smallest absolute Gasteiger partial charge is 0.0400 e. The van der Waals surface area contributed by atoms with Gasteiger partial charge in [0.2, 0.25) is 0 Å². The molecule has 0 aliphatic heterocycles. The predicted octanol–water partition coefficient (Wildman–Crippen LogP) is 5.32. The Balaban J connectivity index is 2.24. The van der Waals surface area contributed by atoms with Crippen LogP contribution in [0.15, 0.2) is 66.7 Å². The number of hydrogen-bond acceptors (Lipinski definition) is 1. The van der Waals surface area contributed by atoms with Gasteiger partial charge >= 0.3 is 0 Å². The fourth-order valence-corrected chi connectivity index (χ4v) is 3.61. The molecule has 0 bridgehead atoms. The summed E-state index contributed by atoms with van der Waals surface area (Å²) in [4.78, 5) is 0. The van der Waals surface area contributed by atoms with Gasteiger partial charge in [-0.25, -0.2) is 0 Å². The van der Waals surface area contributed by atoms with Crippen molar-refractivity contribution < 1.29 is 0 Å². The van der Waals surface area contributed by atoms with Crippen molar-refractivity contribution in [1.82, 2.24) is 0 Å². The first kappa shape index (κ1) is 10.9. The molecule has 0 unspecified atom stereocenters. The molecule has 0 aliphatic rings. The summed E-state index contributed by atoms with van der Waals surface area (Å²) in [6, 6.07) is 23.7. The van der Waals surface area contributed by atoms with Gasteiger partial charge in [-0.2, -0.15) is 0 Å². The van der Waals surface area contributed by atoms with Gasteiger partial charge in [0.1, 0.15) is 0 Å². The van der Waals surface area contributed by atoms with E-state index in [-0.39, 0.29) is 0 Å². The summed E-state index contributed by atoms with van der Waals surface area (Å²) in [7, 11) is 0. The van der Waals surface area contributed by atoms with Crippen LogP contribution >= 0.6 is 0 Å². The van der Waals surface area contributed by atoms with Crippen molar-refractivity contribution >= 4 is 48.8 Å². The van der Waals surface area contributed by atoms with Crippen LogP contribution in [0.3, 0.4) is 0 Å². The number of anilines is 1. The topological polar surface area (TPSA) is 26.0 Å². The molecule has 0 atom stereocenters. The van der Waals surface area contributed by atoms with Crippen molar-refractivity contribution in [2.24, 2.45) is 0 Å². The van der Waals surface area contributed by atoms with Gasteiger partial charge in [0.25, 0.3) is 0 Å². The summed E-state index contributed by atoms with van der Waals surface area (Å²) in [6.07, 6.45) is 0. The quantitative estimate of drug-likeness (QED) is 0.229. The molecule has 1 heteroatoms. The molecule has 1 nitrogen and oxygen atoms in total. The third kappa shape index (κ3) is 1.30. The highest BCUT2D eigenvalue weighted by Crippen LogP contribution is 2.40. The van der Waals surface area contributed by atoms with Crippen LogP contribution in [0.5, 0.6) is 0 Å². The van der Waals surface area contributed by atoms with E-state index in [0.29, 0.717) is 0 Å². The van der Waals surface area contributed by atoms with Crippen LogP contribution in [0.4, 0.5) is 5.69 Å². The Morgan fingerprint density at radius 1 is 0.524 bits per heavy atom. The van der Waals surface area contributed by atoms with Gasteiger partial charge in [-0.1, -0.05) is 54.6 Å².